The molecule has 5 heteroatoms. The van der Waals surface area contributed by atoms with Crippen LogP contribution >= 0.6 is 0 Å². The molecule has 0 aliphatic carbocycles. The van der Waals surface area contributed by atoms with E-state index >= 15 is 0 Å². The predicted octanol–water partition coefficient (Wildman–Crippen LogP) is 0.507. The molecule has 2 amide bonds. The van der Waals surface area contributed by atoms with Gasteiger partial charge in [0.15, 0.2) is 0 Å². The summed E-state index contributed by atoms with van der Waals surface area (Å²) in [6, 6.07) is -0.671. The molecule has 0 aromatic rings. The monoisotopic (exact) mass is 171 g/mol. The number of unbranched alkanes of at least 4 members (excludes halogenated alkanes) is 1. The number of carbonyl (C=O) groups excluding carboxylic acids is 2. The van der Waals surface area contributed by atoms with Crippen molar-refractivity contribution in [2.75, 3.05) is 0 Å². The van der Waals surface area contributed by atoms with Crippen LogP contribution in [0.3, 0.4) is 0 Å². The molecule has 12 heavy (non-hydrogen) atoms. The van der Waals surface area contributed by atoms with Crippen LogP contribution < -0.4 is 11.1 Å². The van der Waals surface area contributed by atoms with E-state index in [9.17, 15) is 9.59 Å². The quantitative estimate of drug-likeness (QED) is 0.466. The molecular formula is C7H13N3O2. The Balaban J connectivity index is 3.85. The molecule has 0 fully saturated rings. The zero-order valence-electron chi connectivity index (χ0n) is 7.04. The van der Waals surface area contributed by atoms with Crippen molar-refractivity contribution in [2.24, 2.45) is 10.7 Å². The van der Waals surface area contributed by atoms with Crippen molar-refractivity contribution in [1.82, 2.24) is 5.32 Å². The van der Waals surface area contributed by atoms with Crippen LogP contribution in [0.1, 0.15) is 26.2 Å². The van der Waals surface area contributed by atoms with Gasteiger partial charge in [-0.05, 0) is 12.8 Å². The van der Waals surface area contributed by atoms with E-state index in [4.69, 9.17) is 5.73 Å². The summed E-state index contributed by atoms with van der Waals surface area (Å²) < 4.78 is 0. The van der Waals surface area contributed by atoms with E-state index in [1.54, 1.807) is 0 Å². The Morgan fingerprint density at radius 2 is 2.42 bits per heavy atom. The number of hydrogen-bond donors (Lipinski definition) is 2. The largest absolute Gasteiger partial charge is 0.352 e. The summed E-state index contributed by atoms with van der Waals surface area (Å²) in [4.78, 5) is 23.6. The lowest BCUT2D eigenvalue weighted by Crippen LogP contribution is -2.37. The van der Waals surface area contributed by atoms with E-state index in [-0.39, 0.29) is 0 Å². The van der Waals surface area contributed by atoms with Crippen molar-refractivity contribution in [1.29, 1.82) is 0 Å². The van der Waals surface area contributed by atoms with Gasteiger partial charge in [0.1, 0.15) is 6.17 Å². The fraction of sp³-hybridized carbons (Fsp3) is 0.714. The first-order valence-corrected chi connectivity index (χ1v) is 3.83. The highest BCUT2D eigenvalue weighted by molar-refractivity contribution is 5.72. The van der Waals surface area contributed by atoms with Gasteiger partial charge in [-0.1, -0.05) is 13.3 Å². The zero-order valence-corrected chi connectivity index (χ0v) is 7.04. The van der Waals surface area contributed by atoms with Gasteiger partial charge in [0.25, 0.3) is 0 Å². The summed E-state index contributed by atoms with van der Waals surface area (Å²) in [7, 11) is 0. The number of hydrogen-bond acceptors (Lipinski definition) is 3. The summed E-state index contributed by atoms with van der Waals surface area (Å²) in [5.41, 5.74) is 4.86. The van der Waals surface area contributed by atoms with Gasteiger partial charge in [0.05, 0.1) is 0 Å². The number of nitrogens with two attached hydrogens (primary N) is 1. The van der Waals surface area contributed by atoms with Crippen molar-refractivity contribution >= 4 is 12.1 Å². The minimum atomic E-state index is -0.671. The van der Waals surface area contributed by atoms with Crippen LogP contribution in [0.25, 0.3) is 0 Å². The van der Waals surface area contributed by atoms with Gasteiger partial charge in [-0.3, -0.25) is 0 Å². The zero-order chi connectivity index (χ0) is 9.40. The van der Waals surface area contributed by atoms with Crippen molar-refractivity contribution in [3.8, 4) is 0 Å². The fourth-order valence-electron chi connectivity index (χ4n) is 0.794. The Morgan fingerprint density at radius 1 is 1.75 bits per heavy atom. The Hall–Kier alpha value is -1.35. The average molecular weight is 171 g/mol. The van der Waals surface area contributed by atoms with E-state index < -0.39 is 12.2 Å². The molecule has 0 rings (SSSR count). The van der Waals surface area contributed by atoms with Crippen molar-refractivity contribution in [3.05, 3.63) is 0 Å². The molecule has 0 radical (unpaired) electrons. The molecule has 0 aliphatic heterocycles. The van der Waals surface area contributed by atoms with Crippen LogP contribution in [0.4, 0.5) is 4.79 Å². The van der Waals surface area contributed by atoms with Gasteiger partial charge in [-0.2, -0.15) is 4.99 Å². The Labute approximate surface area is 71.0 Å². The normalized spacial score (nSPS) is 11.4. The van der Waals surface area contributed by atoms with Crippen LogP contribution in [0.5, 0.6) is 0 Å². The maximum atomic E-state index is 10.4. The molecule has 0 aromatic heterocycles. The molecule has 0 heterocycles. The van der Waals surface area contributed by atoms with E-state index in [0.29, 0.717) is 6.42 Å². The van der Waals surface area contributed by atoms with E-state index in [2.05, 4.69) is 10.3 Å². The smallest absolute Gasteiger partial charge is 0.313 e. The molecule has 3 N–H and O–H groups in total. The SMILES string of the molecule is CCCCC(N=C=O)NC(N)=O. The molecule has 1 unspecified atom stereocenters. The number of nitrogens with zero attached hydrogens (tertiary/aromatic N) is 1. The summed E-state index contributed by atoms with van der Waals surface area (Å²) in [5.74, 6) is 0. The van der Waals surface area contributed by atoms with Crippen molar-refractivity contribution in [3.63, 3.8) is 0 Å². The van der Waals surface area contributed by atoms with Crippen LogP contribution in [0.15, 0.2) is 4.99 Å². The van der Waals surface area contributed by atoms with Gasteiger partial charge in [0, 0.05) is 0 Å². The molecule has 68 valence electrons. The Kier molecular flexibility index (Phi) is 5.65. The first kappa shape index (κ1) is 10.7. The highest BCUT2D eigenvalue weighted by atomic mass is 16.2. The molecule has 0 aromatic carbocycles. The minimum absolute atomic E-state index is 0.514. The second-order valence-corrected chi connectivity index (χ2v) is 2.39. The second kappa shape index (κ2) is 6.37. The highest BCUT2D eigenvalue weighted by Gasteiger charge is 2.06. The lowest BCUT2D eigenvalue weighted by Gasteiger charge is -2.09. The molecule has 0 saturated heterocycles. The van der Waals surface area contributed by atoms with Crippen LogP contribution in [-0.2, 0) is 4.79 Å². The van der Waals surface area contributed by atoms with E-state index in [0.717, 1.165) is 12.8 Å². The topological polar surface area (TPSA) is 84.6 Å². The predicted molar refractivity (Wildman–Crippen MR) is 44.2 cm³/mol. The Bertz CT molecular complexity index is 187. The van der Waals surface area contributed by atoms with Crippen molar-refractivity contribution in [2.45, 2.75) is 32.4 Å². The molecule has 0 saturated carbocycles. The first-order valence-electron chi connectivity index (χ1n) is 3.83. The average Bonchev–Trinajstić information content (AvgIpc) is 2.00. The van der Waals surface area contributed by atoms with E-state index in [1.807, 2.05) is 6.92 Å². The number of isocyanates is 1. The van der Waals surface area contributed by atoms with Crippen LogP contribution in [0, 0.1) is 0 Å². The third-order valence-electron chi connectivity index (χ3n) is 1.35. The minimum Gasteiger partial charge on any atom is -0.352 e. The third kappa shape index (κ3) is 5.44. The highest BCUT2D eigenvalue weighted by Crippen LogP contribution is 2.00. The maximum absolute atomic E-state index is 10.4. The maximum Gasteiger partial charge on any atom is 0.313 e. The summed E-state index contributed by atoms with van der Waals surface area (Å²) >= 11 is 0. The number of amides is 2. The first-order chi connectivity index (χ1) is 5.70. The number of aliphatic imine (C=N–C) groups is 1. The standard InChI is InChI=1S/C7H13N3O2/c1-2-3-4-6(9-5-11)10-7(8)12/h6H,2-4H2,1H3,(H3,8,10,12). The van der Waals surface area contributed by atoms with Gasteiger partial charge in [-0.25, -0.2) is 9.59 Å². The van der Waals surface area contributed by atoms with E-state index in [1.165, 1.54) is 6.08 Å². The van der Waals surface area contributed by atoms with Crippen LogP contribution in [0.2, 0.25) is 0 Å². The lowest BCUT2D eigenvalue weighted by atomic mass is 10.2. The van der Waals surface area contributed by atoms with Crippen LogP contribution in [-0.4, -0.2) is 18.3 Å². The van der Waals surface area contributed by atoms with Gasteiger partial charge in [0.2, 0.25) is 6.08 Å². The third-order valence-corrected chi connectivity index (χ3v) is 1.35. The molecule has 5 nitrogen and oxygen atoms in total. The number of primary amides is 1. The molecule has 0 bridgehead atoms. The van der Waals surface area contributed by atoms with Crippen molar-refractivity contribution < 1.29 is 9.59 Å². The molecule has 0 aliphatic rings. The second-order valence-electron chi connectivity index (χ2n) is 2.39. The van der Waals surface area contributed by atoms with Gasteiger partial charge in [-0.15, -0.1) is 0 Å². The molecule has 0 spiro atoms. The summed E-state index contributed by atoms with van der Waals surface area (Å²) in [6.07, 6.45) is 3.36. The summed E-state index contributed by atoms with van der Waals surface area (Å²) in [5, 5.41) is 2.33. The fourth-order valence-corrected chi connectivity index (χ4v) is 0.794. The Morgan fingerprint density at radius 3 is 2.83 bits per heavy atom. The number of carbonyl (C=O) groups is 1. The van der Waals surface area contributed by atoms with Gasteiger partial charge >= 0.3 is 6.03 Å². The lowest BCUT2D eigenvalue weighted by molar-refractivity contribution is 0.244. The number of rotatable bonds is 5. The molecule has 1 atom stereocenters. The summed E-state index contributed by atoms with van der Waals surface area (Å²) in [6.45, 7) is 2.01. The number of nitrogens with one attached hydrogen (secondary N) is 1. The number of urea groups is 1. The molecular weight excluding hydrogens is 158 g/mol. The van der Waals surface area contributed by atoms with Gasteiger partial charge < -0.3 is 11.1 Å².